The number of aromatic nitrogens is 2. The fourth-order valence-electron chi connectivity index (χ4n) is 2.40. The Balaban J connectivity index is 2.78. The molecule has 132 valence electrons. The molecule has 0 radical (unpaired) electrons. The average Bonchev–Trinajstić information content (AvgIpc) is 2.82. The summed E-state index contributed by atoms with van der Waals surface area (Å²) in [4.78, 5) is 11.9. The molecule has 1 aromatic heterocycles. The van der Waals surface area contributed by atoms with Gasteiger partial charge in [0.1, 0.15) is 5.60 Å². The van der Waals surface area contributed by atoms with Crippen molar-refractivity contribution in [1.29, 1.82) is 0 Å². The molecule has 0 spiro atoms. The first-order valence-electron chi connectivity index (χ1n) is 8.24. The average molecular weight is 325 g/mol. The maximum atomic E-state index is 11.9. The van der Waals surface area contributed by atoms with Gasteiger partial charge in [-0.15, -0.1) is 0 Å². The van der Waals surface area contributed by atoms with E-state index in [4.69, 9.17) is 4.74 Å². The molecule has 1 unspecified atom stereocenters. The Hall–Kier alpha value is -1.56. The van der Waals surface area contributed by atoms with E-state index < -0.39 is 17.1 Å². The third-order valence-electron chi connectivity index (χ3n) is 4.04. The van der Waals surface area contributed by atoms with E-state index in [0.29, 0.717) is 13.0 Å². The van der Waals surface area contributed by atoms with Crippen molar-refractivity contribution >= 4 is 6.09 Å². The highest BCUT2D eigenvalue weighted by molar-refractivity contribution is 5.67. The van der Waals surface area contributed by atoms with Crippen molar-refractivity contribution in [1.82, 2.24) is 15.1 Å². The zero-order chi connectivity index (χ0) is 17.7. The van der Waals surface area contributed by atoms with Crippen LogP contribution in [-0.2, 0) is 24.6 Å². The maximum Gasteiger partial charge on any atom is 0.407 e. The molecule has 0 saturated carbocycles. The summed E-state index contributed by atoms with van der Waals surface area (Å²) in [5.41, 5.74) is 1.14. The van der Waals surface area contributed by atoms with Crippen LogP contribution in [-0.4, -0.2) is 39.7 Å². The third-order valence-corrected chi connectivity index (χ3v) is 4.04. The monoisotopic (exact) mass is 325 g/mol. The first-order chi connectivity index (χ1) is 10.6. The van der Waals surface area contributed by atoms with E-state index in [9.17, 15) is 9.90 Å². The Labute approximate surface area is 139 Å². The van der Waals surface area contributed by atoms with E-state index in [1.165, 1.54) is 0 Å². The molecule has 1 heterocycles. The van der Waals surface area contributed by atoms with Crippen LogP contribution in [0.15, 0.2) is 6.07 Å². The number of aliphatic hydroxyl groups is 1. The summed E-state index contributed by atoms with van der Waals surface area (Å²) < 4.78 is 7.12. The molecule has 0 saturated heterocycles. The lowest BCUT2D eigenvalue weighted by Gasteiger charge is -2.31. The number of aryl methyl sites for hydroxylation is 2. The van der Waals surface area contributed by atoms with Gasteiger partial charge in [0, 0.05) is 24.7 Å². The molecular formula is C17H31N3O3. The molecular weight excluding hydrogens is 294 g/mol. The predicted molar refractivity (Wildman–Crippen MR) is 90.3 cm³/mol. The van der Waals surface area contributed by atoms with Crippen LogP contribution in [0.4, 0.5) is 4.79 Å². The van der Waals surface area contributed by atoms with Crippen LogP contribution in [0.3, 0.4) is 0 Å². The minimum Gasteiger partial charge on any atom is -0.444 e. The van der Waals surface area contributed by atoms with E-state index in [1.807, 2.05) is 39.4 Å². The molecule has 6 heteroatoms. The van der Waals surface area contributed by atoms with Crippen molar-refractivity contribution in [3.63, 3.8) is 0 Å². The highest BCUT2D eigenvalue weighted by Crippen LogP contribution is 2.26. The summed E-state index contributed by atoms with van der Waals surface area (Å²) in [6, 6.07) is 2.06. The van der Waals surface area contributed by atoms with Gasteiger partial charge in [-0.1, -0.05) is 13.8 Å². The second-order valence-electron chi connectivity index (χ2n) is 7.15. The van der Waals surface area contributed by atoms with Gasteiger partial charge >= 0.3 is 6.09 Å². The summed E-state index contributed by atoms with van der Waals surface area (Å²) >= 11 is 0. The first-order valence-corrected chi connectivity index (χ1v) is 8.24. The lowest BCUT2D eigenvalue weighted by molar-refractivity contribution is 0.0459. The van der Waals surface area contributed by atoms with Crippen molar-refractivity contribution in [2.75, 3.05) is 13.2 Å². The van der Waals surface area contributed by atoms with Crippen LogP contribution in [0.25, 0.3) is 0 Å². The van der Waals surface area contributed by atoms with Crippen LogP contribution < -0.4 is 5.32 Å². The number of rotatable bonds is 7. The fraction of sp³-hybridized carbons (Fsp3) is 0.765. The Morgan fingerprint density at radius 1 is 1.39 bits per heavy atom. The number of hydrogen-bond acceptors (Lipinski definition) is 4. The number of hydrogen-bond donors (Lipinski definition) is 2. The lowest BCUT2D eigenvalue weighted by atomic mass is 9.81. The minimum absolute atomic E-state index is 0.00800. The summed E-state index contributed by atoms with van der Waals surface area (Å²) in [6.07, 6.45) is 1.82. The molecule has 0 fully saturated rings. The number of alkyl carbamates (subject to hydrolysis) is 1. The number of nitrogens with zero attached hydrogens (tertiary/aromatic N) is 2. The second-order valence-corrected chi connectivity index (χ2v) is 7.15. The van der Waals surface area contributed by atoms with Crippen molar-refractivity contribution < 1.29 is 14.6 Å². The van der Waals surface area contributed by atoms with Crippen molar-refractivity contribution in [3.8, 4) is 0 Å². The molecule has 1 aromatic rings. The third kappa shape index (κ3) is 5.86. The number of nitrogens with one attached hydrogen (secondary N) is 1. The van der Waals surface area contributed by atoms with Gasteiger partial charge in [-0.2, -0.15) is 5.10 Å². The zero-order valence-electron chi connectivity index (χ0n) is 15.3. The van der Waals surface area contributed by atoms with Crippen LogP contribution in [0.1, 0.15) is 52.4 Å². The van der Waals surface area contributed by atoms with Gasteiger partial charge in [0.2, 0.25) is 0 Å². The summed E-state index contributed by atoms with van der Waals surface area (Å²) in [5.74, 6) is 0. The van der Waals surface area contributed by atoms with Gasteiger partial charge in [-0.25, -0.2) is 4.79 Å². The van der Waals surface area contributed by atoms with E-state index in [2.05, 4.69) is 23.4 Å². The van der Waals surface area contributed by atoms with E-state index >= 15 is 0 Å². The van der Waals surface area contributed by atoms with Gasteiger partial charge in [0.25, 0.3) is 0 Å². The molecule has 1 rings (SSSR count). The second kappa shape index (κ2) is 7.81. The molecule has 6 nitrogen and oxygen atoms in total. The highest BCUT2D eigenvalue weighted by Gasteiger charge is 2.30. The molecule has 1 atom stereocenters. The minimum atomic E-state index is -0.532. The number of carbonyl (C=O) groups is 1. The Morgan fingerprint density at radius 3 is 2.48 bits per heavy atom. The first kappa shape index (κ1) is 19.5. The largest absolute Gasteiger partial charge is 0.444 e. The normalized spacial score (nSPS) is 14.4. The zero-order valence-corrected chi connectivity index (χ0v) is 15.3. The molecule has 23 heavy (non-hydrogen) atoms. The van der Waals surface area contributed by atoms with Gasteiger partial charge in [-0.05, 0) is 46.1 Å². The molecule has 1 amide bonds. The molecule has 2 N–H and O–H groups in total. The molecule has 0 bridgehead atoms. The lowest BCUT2D eigenvalue weighted by Crippen LogP contribution is -2.43. The Bertz CT molecular complexity index is 514. The van der Waals surface area contributed by atoms with Crippen molar-refractivity contribution in [2.24, 2.45) is 12.5 Å². The van der Waals surface area contributed by atoms with Gasteiger partial charge in [0.05, 0.1) is 12.3 Å². The summed E-state index contributed by atoms with van der Waals surface area (Å²) in [5, 5.41) is 17.2. The molecule has 0 aromatic carbocycles. The molecule has 0 aliphatic carbocycles. The molecule has 0 aliphatic heterocycles. The van der Waals surface area contributed by atoms with Crippen LogP contribution in [0.5, 0.6) is 0 Å². The van der Waals surface area contributed by atoms with Gasteiger partial charge < -0.3 is 15.2 Å². The van der Waals surface area contributed by atoms with Crippen molar-refractivity contribution in [3.05, 3.63) is 17.5 Å². The van der Waals surface area contributed by atoms with Gasteiger partial charge in [-0.3, -0.25) is 4.68 Å². The van der Waals surface area contributed by atoms with Crippen molar-refractivity contribution in [2.45, 2.75) is 59.5 Å². The summed E-state index contributed by atoms with van der Waals surface area (Å²) in [7, 11) is 1.91. The number of carbonyl (C=O) groups excluding carboxylic acids is 1. The number of amides is 1. The summed E-state index contributed by atoms with van der Waals surface area (Å²) in [6.45, 7) is 9.92. The van der Waals surface area contributed by atoms with E-state index in [0.717, 1.165) is 24.2 Å². The van der Waals surface area contributed by atoms with Crippen LogP contribution in [0, 0.1) is 5.41 Å². The Morgan fingerprint density at radius 2 is 2.04 bits per heavy atom. The number of aliphatic hydroxyl groups excluding tert-OH is 1. The Kier molecular flexibility index (Phi) is 6.62. The van der Waals surface area contributed by atoms with Crippen LogP contribution >= 0.6 is 0 Å². The highest BCUT2D eigenvalue weighted by atomic mass is 16.6. The van der Waals surface area contributed by atoms with Crippen LogP contribution in [0.2, 0.25) is 0 Å². The standard InChI is InChI=1S/C17H31N3O3/c1-7-13-9-14(20(6)19-13)10-17(8-2,12-21)11-18-15(22)23-16(3,4)5/h9,21H,7-8,10-12H2,1-6H3,(H,18,22). The number of ether oxygens (including phenoxy) is 1. The predicted octanol–water partition coefficient (Wildman–Crippen LogP) is 2.44. The smallest absolute Gasteiger partial charge is 0.407 e. The van der Waals surface area contributed by atoms with E-state index in [-0.39, 0.29) is 6.61 Å². The van der Waals surface area contributed by atoms with Gasteiger partial charge in [0.15, 0.2) is 0 Å². The van der Waals surface area contributed by atoms with E-state index in [1.54, 1.807) is 0 Å². The topological polar surface area (TPSA) is 76.4 Å². The maximum absolute atomic E-state index is 11.9. The SMILES string of the molecule is CCc1cc(CC(CC)(CO)CNC(=O)OC(C)(C)C)n(C)n1. The quantitative estimate of drug-likeness (QED) is 0.807. The molecule has 0 aliphatic rings. The fourth-order valence-corrected chi connectivity index (χ4v) is 2.40.